The summed E-state index contributed by atoms with van der Waals surface area (Å²) in [5.74, 6) is -0.453. The van der Waals surface area contributed by atoms with E-state index in [1.807, 2.05) is 13.0 Å². The number of fused-ring (bicyclic) bond motifs is 1. The second-order valence-corrected chi connectivity index (χ2v) is 8.82. The van der Waals surface area contributed by atoms with Gasteiger partial charge in [-0.3, -0.25) is 4.79 Å². The molecule has 7 nitrogen and oxygen atoms in total. The number of nitrogen functional groups attached to an aromatic ring is 1. The molecule has 4 aromatic rings. The molecule has 1 heterocycles. The number of carbonyl (C=O) groups excluding carboxylic acids is 1. The maximum atomic E-state index is 13.2. The highest BCUT2D eigenvalue weighted by Crippen LogP contribution is 2.25. The normalized spacial score (nSPS) is 11.8. The van der Waals surface area contributed by atoms with Gasteiger partial charge in [0, 0.05) is 22.8 Å². The van der Waals surface area contributed by atoms with Crippen LogP contribution in [0, 0.1) is 6.92 Å². The zero-order valence-corrected chi connectivity index (χ0v) is 17.5. The van der Waals surface area contributed by atoms with Gasteiger partial charge in [0.15, 0.2) is 0 Å². The van der Waals surface area contributed by atoms with Gasteiger partial charge in [-0.15, -0.1) is 0 Å². The lowest BCUT2D eigenvalue weighted by molar-refractivity contribution is 0.0956. The van der Waals surface area contributed by atoms with Gasteiger partial charge in [-0.1, -0.05) is 48.0 Å². The van der Waals surface area contributed by atoms with Crippen LogP contribution in [0.15, 0.2) is 89.0 Å². The van der Waals surface area contributed by atoms with Crippen molar-refractivity contribution in [2.75, 3.05) is 5.73 Å². The summed E-state index contributed by atoms with van der Waals surface area (Å²) in [5, 5.41) is 4.69. The Morgan fingerprint density at radius 2 is 1.68 bits per heavy atom. The molecule has 0 aliphatic heterocycles. The Hall–Kier alpha value is -3.91. The number of aryl methyl sites for hydroxylation is 1. The van der Waals surface area contributed by atoms with Gasteiger partial charge in [0.25, 0.3) is 15.9 Å². The van der Waals surface area contributed by atoms with Crippen LogP contribution < -0.4 is 11.2 Å². The summed E-state index contributed by atoms with van der Waals surface area (Å²) in [6.07, 6.45) is 2.91. The second-order valence-electron chi connectivity index (χ2n) is 7.00. The molecule has 0 unspecified atom stereocenters. The van der Waals surface area contributed by atoms with Crippen molar-refractivity contribution in [2.45, 2.75) is 11.8 Å². The molecule has 0 atom stereocenters. The molecule has 31 heavy (non-hydrogen) atoms. The molecule has 0 saturated heterocycles. The van der Waals surface area contributed by atoms with E-state index in [0.29, 0.717) is 27.7 Å². The number of carbonyl (C=O) groups is 1. The summed E-state index contributed by atoms with van der Waals surface area (Å²) in [7, 11) is -3.80. The Balaban J connectivity index is 1.69. The van der Waals surface area contributed by atoms with E-state index >= 15 is 0 Å². The number of benzene rings is 3. The van der Waals surface area contributed by atoms with E-state index in [1.54, 1.807) is 66.7 Å². The molecule has 3 N–H and O–H groups in total. The molecule has 0 saturated carbocycles. The van der Waals surface area contributed by atoms with Crippen molar-refractivity contribution in [2.24, 2.45) is 5.10 Å². The highest BCUT2D eigenvalue weighted by molar-refractivity contribution is 7.90. The number of hydrazone groups is 1. The van der Waals surface area contributed by atoms with E-state index in [1.165, 1.54) is 16.4 Å². The molecule has 0 aliphatic rings. The summed E-state index contributed by atoms with van der Waals surface area (Å²) < 4.78 is 27.7. The summed E-state index contributed by atoms with van der Waals surface area (Å²) in [6, 6.07) is 20.4. The molecule has 1 aromatic heterocycles. The molecule has 3 aromatic carbocycles. The molecule has 0 spiro atoms. The van der Waals surface area contributed by atoms with E-state index in [9.17, 15) is 13.2 Å². The molecule has 0 fully saturated rings. The number of amides is 1. The van der Waals surface area contributed by atoms with E-state index in [-0.39, 0.29) is 4.90 Å². The lowest BCUT2D eigenvalue weighted by Gasteiger charge is -2.07. The van der Waals surface area contributed by atoms with Crippen LogP contribution in [-0.2, 0) is 10.0 Å². The number of para-hydroxylation sites is 2. The summed E-state index contributed by atoms with van der Waals surface area (Å²) >= 11 is 0. The van der Waals surface area contributed by atoms with Gasteiger partial charge in [0.1, 0.15) is 0 Å². The van der Waals surface area contributed by atoms with Gasteiger partial charge in [-0.25, -0.2) is 17.8 Å². The number of hydrogen-bond acceptors (Lipinski definition) is 5. The minimum Gasteiger partial charge on any atom is -0.398 e. The van der Waals surface area contributed by atoms with Crippen LogP contribution in [0.25, 0.3) is 10.9 Å². The van der Waals surface area contributed by atoms with Crippen LogP contribution >= 0.6 is 0 Å². The molecule has 1 amide bonds. The molecule has 0 aliphatic carbocycles. The molecule has 4 rings (SSSR count). The SMILES string of the molecule is Cc1ccc(S(=O)(=O)n2cc(C=NNC(=O)c3ccccc3N)c3ccccc32)cc1. The van der Waals surface area contributed by atoms with Gasteiger partial charge in [-0.2, -0.15) is 5.10 Å². The molecule has 8 heteroatoms. The molecule has 0 bridgehead atoms. The van der Waals surface area contributed by atoms with Gasteiger partial charge in [0.2, 0.25) is 0 Å². The fourth-order valence-corrected chi connectivity index (χ4v) is 4.60. The average molecular weight is 433 g/mol. The summed E-state index contributed by atoms with van der Waals surface area (Å²) in [4.78, 5) is 12.5. The Kier molecular flexibility index (Phi) is 5.31. The lowest BCUT2D eigenvalue weighted by Crippen LogP contribution is -2.19. The fraction of sp³-hybridized carbons (Fsp3) is 0.0435. The topological polar surface area (TPSA) is 107 Å². The minimum absolute atomic E-state index is 0.190. The van der Waals surface area contributed by atoms with Crippen LogP contribution in [-0.4, -0.2) is 24.5 Å². The zero-order valence-electron chi connectivity index (χ0n) is 16.7. The zero-order chi connectivity index (χ0) is 22.0. The molecular formula is C23H20N4O3S. The van der Waals surface area contributed by atoms with Crippen molar-refractivity contribution in [3.63, 3.8) is 0 Å². The van der Waals surface area contributed by atoms with Crippen LogP contribution in [0.1, 0.15) is 21.5 Å². The first kappa shape index (κ1) is 20.4. The third-order valence-corrected chi connectivity index (χ3v) is 6.55. The average Bonchev–Trinajstić information content (AvgIpc) is 3.14. The highest BCUT2D eigenvalue weighted by Gasteiger charge is 2.20. The predicted octanol–water partition coefficient (Wildman–Crippen LogP) is 3.53. The Bertz CT molecular complexity index is 1400. The molecular weight excluding hydrogens is 412 g/mol. The number of anilines is 1. The smallest absolute Gasteiger partial charge is 0.273 e. The minimum atomic E-state index is -3.80. The Morgan fingerprint density at radius 3 is 2.42 bits per heavy atom. The molecule has 0 radical (unpaired) electrons. The van der Waals surface area contributed by atoms with Gasteiger partial charge in [-0.05, 0) is 37.3 Å². The van der Waals surface area contributed by atoms with Gasteiger partial charge >= 0.3 is 0 Å². The number of hydrogen-bond donors (Lipinski definition) is 2. The van der Waals surface area contributed by atoms with Crippen molar-refractivity contribution >= 4 is 38.7 Å². The third kappa shape index (κ3) is 3.93. The maximum absolute atomic E-state index is 13.2. The van der Waals surface area contributed by atoms with E-state index < -0.39 is 15.9 Å². The Morgan fingerprint density at radius 1 is 1.00 bits per heavy atom. The summed E-state index contributed by atoms with van der Waals surface area (Å²) in [6.45, 7) is 1.90. The van der Waals surface area contributed by atoms with Gasteiger partial charge < -0.3 is 5.73 Å². The molecule has 156 valence electrons. The fourth-order valence-electron chi connectivity index (χ4n) is 3.23. The number of rotatable bonds is 5. The van der Waals surface area contributed by atoms with E-state index in [4.69, 9.17) is 5.73 Å². The first-order valence-corrected chi connectivity index (χ1v) is 10.9. The highest BCUT2D eigenvalue weighted by atomic mass is 32.2. The van der Waals surface area contributed by atoms with Crippen molar-refractivity contribution in [3.8, 4) is 0 Å². The quantitative estimate of drug-likeness (QED) is 0.286. The van der Waals surface area contributed by atoms with Gasteiger partial charge in [0.05, 0.1) is 22.2 Å². The first-order chi connectivity index (χ1) is 14.9. The van der Waals surface area contributed by atoms with Crippen molar-refractivity contribution in [1.82, 2.24) is 9.40 Å². The first-order valence-electron chi connectivity index (χ1n) is 9.48. The standard InChI is InChI=1S/C23H20N4O3S/c1-16-10-12-18(13-11-16)31(29,30)27-15-17(19-6-3-5-9-22(19)27)14-25-26-23(28)20-7-2-4-8-21(20)24/h2-15H,24H2,1H3,(H,26,28). The van der Waals surface area contributed by atoms with Crippen molar-refractivity contribution in [3.05, 3.63) is 95.7 Å². The maximum Gasteiger partial charge on any atom is 0.273 e. The van der Waals surface area contributed by atoms with E-state index in [0.717, 1.165) is 5.56 Å². The second kappa shape index (κ2) is 8.08. The number of nitrogens with zero attached hydrogens (tertiary/aromatic N) is 2. The monoisotopic (exact) mass is 432 g/mol. The van der Waals surface area contributed by atoms with Crippen LogP contribution in [0.4, 0.5) is 5.69 Å². The van der Waals surface area contributed by atoms with Crippen LogP contribution in [0.5, 0.6) is 0 Å². The van der Waals surface area contributed by atoms with Crippen molar-refractivity contribution < 1.29 is 13.2 Å². The number of nitrogens with one attached hydrogen (secondary N) is 1. The number of aromatic nitrogens is 1. The predicted molar refractivity (Wildman–Crippen MR) is 122 cm³/mol. The van der Waals surface area contributed by atoms with Crippen LogP contribution in [0.2, 0.25) is 0 Å². The van der Waals surface area contributed by atoms with Crippen molar-refractivity contribution in [1.29, 1.82) is 0 Å². The van der Waals surface area contributed by atoms with E-state index in [2.05, 4.69) is 10.5 Å². The van der Waals surface area contributed by atoms with Crippen LogP contribution in [0.3, 0.4) is 0 Å². The third-order valence-electron chi connectivity index (χ3n) is 4.86. The summed E-state index contributed by atoms with van der Waals surface area (Å²) in [5.41, 5.74) is 10.9. The Labute approximate surface area is 179 Å². The largest absolute Gasteiger partial charge is 0.398 e. The lowest BCUT2D eigenvalue weighted by atomic mass is 10.2. The number of nitrogens with two attached hydrogens (primary N) is 1.